The zero-order valence-electron chi connectivity index (χ0n) is 7.50. The average Bonchev–Trinajstić information content (AvgIpc) is 2.65. The van der Waals surface area contributed by atoms with Crippen LogP contribution in [0, 0.1) is 0 Å². The maximum Gasteiger partial charge on any atom is 0.132 e. The van der Waals surface area contributed by atoms with Crippen molar-refractivity contribution in [1.29, 1.82) is 0 Å². The third-order valence-corrected chi connectivity index (χ3v) is 2.59. The van der Waals surface area contributed by atoms with E-state index in [2.05, 4.69) is 30.1 Å². The van der Waals surface area contributed by atoms with Gasteiger partial charge in [-0.05, 0) is 24.6 Å². The number of H-pyrrole nitrogens is 1. The van der Waals surface area contributed by atoms with Crippen molar-refractivity contribution < 1.29 is 4.74 Å². The predicted octanol–water partition coefficient (Wildman–Crippen LogP) is 2.49. The monoisotopic (exact) mass is 173 g/mol. The molecule has 2 nitrogen and oxygen atoms in total. The van der Waals surface area contributed by atoms with E-state index in [9.17, 15) is 0 Å². The van der Waals surface area contributed by atoms with Crippen molar-refractivity contribution in [2.45, 2.75) is 19.4 Å². The van der Waals surface area contributed by atoms with Gasteiger partial charge in [0.15, 0.2) is 0 Å². The second kappa shape index (κ2) is 2.28. The van der Waals surface area contributed by atoms with E-state index >= 15 is 0 Å². The van der Waals surface area contributed by atoms with Crippen LogP contribution in [0.4, 0.5) is 0 Å². The molecule has 3 rings (SSSR count). The van der Waals surface area contributed by atoms with Crippen molar-refractivity contribution in [2.24, 2.45) is 0 Å². The standard InChI is InChI=1S/C11H11NO/c1-7-6-8-2-3-10-9(4-5-12-10)11(8)13-7/h2-5,7,12H,6H2,1H3. The number of rotatable bonds is 0. The van der Waals surface area contributed by atoms with E-state index in [0.29, 0.717) is 6.10 Å². The summed E-state index contributed by atoms with van der Waals surface area (Å²) in [6.07, 6.45) is 3.32. The van der Waals surface area contributed by atoms with E-state index in [1.165, 1.54) is 10.9 Å². The predicted molar refractivity (Wildman–Crippen MR) is 52.1 cm³/mol. The lowest BCUT2D eigenvalue weighted by atomic mass is 10.1. The summed E-state index contributed by atoms with van der Waals surface area (Å²) in [7, 11) is 0. The summed E-state index contributed by atoms with van der Waals surface area (Å²) in [5, 5.41) is 1.21. The number of hydrogen-bond acceptors (Lipinski definition) is 1. The maximum absolute atomic E-state index is 5.76. The van der Waals surface area contributed by atoms with E-state index in [4.69, 9.17) is 4.74 Å². The second-order valence-corrected chi connectivity index (χ2v) is 3.63. The molecule has 1 aliphatic heterocycles. The highest BCUT2D eigenvalue weighted by Gasteiger charge is 2.20. The van der Waals surface area contributed by atoms with E-state index in [1.807, 2.05) is 6.20 Å². The Morgan fingerprint density at radius 2 is 2.31 bits per heavy atom. The smallest absolute Gasteiger partial charge is 0.132 e. The molecule has 13 heavy (non-hydrogen) atoms. The van der Waals surface area contributed by atoms with Gasteiger partial charge in [-0.25, -0.2) is 0 Å². The summed E-state index contributed by atoms with van der Waals surface area (Å²) in [4.78, 5) is 3.18. The van der Waals surface area contributed by atoms with Gasteiger partial charge < -0.3 is 9.72 Å². The van der Waals surface area contributed by atoms with Crippen molar-refractivity contribution in [3.05, 3.63) is 30.0 Å². The molecule has 2 heteroatoms. The van der Waals surface area contributed by atoms with Gasteiger partial charge in [0.25, 0.3) is 0 Å². The van der Waals surface area contributed by atoms with E-state index in [0.717, 1.165) is 17.7 Å². The van der Waals surface area contributed by atoms with Crippen LogP contribution < -0.4 is 4.74 Å². The average molecular weight is 173 g/mol. The Kier molecular flexibility index (Phi) is 1.23. The summed E-state index contributed by atoms with van der Waals surface area (Å²) in [6, 6.07) is 6.35. The third kappa shape index (κ3) is 0.886. The van der Waals surface area contributed by atoms with Gasteiger partial charge in [0.05, 0.1) is 0 Å². The van der Waals surface area contributed by atoms with E-state index in [1.54, 1.807) is 0 Å². The van der Waals surface area contributed by atoms with Gasteiger partial charge >= 0.3 is 0 Å². The molecule has 0 spiro atoms. The number of ether oxygens (including phenoxy) is 1. The topological polar surface area (TPSA) is 25.0 Å². The van der Waals surface area contributed by atoms with Crippen LogP contribution in [0.5, 0.6) is 5.75 Å². The summed E-state index contributed by atoms with van der Waals surface area (Å²) in [5.74, 6) is 1.08. The molecule has 2 aromatic rings. The molecule has 0 amide bonds. The SMILES string of the molecule is CC1Cc2ccc3[nH]ccc3c2O1. The fourth-order valence-electron chi connectivity index (χ4n) is 2.00. The Morgan fingerprint density at radius 1 is 1.38 bits per heavy atom. The first-order chi connectivity index (χ1) is 6.34. The quantitative estimate of drug-likeness (QED) is 0.650. The first-order valence-electron chi connectivity index (χ1n) is 4.60. The molecule has 0 aliphatic carbocycles. The zero-order valence-corrected chi connectivity index (χ0v) is 7.50. The second-order valence-electron chi connectivity index (χ2n) is 3.63. The molecule has 1 aromatic carbocycles. The zero-order chi connectivity index (χ0) is 8.84. The molecule has 1 aromatic heterocycles. The van der Waals surface area contributed by atoms with Crippen LogP contribution in [0.2, 0.25) is 0 Å². The van der Waals surface area contributed by atoms with Gasteiger partial charge in [0.1, 0.15) is 11.9 Å². The lowest BCUT2D eigenvalue weighted by Gasteiger charge is -2.03. The van der Waals surface area contributed by atoms with Gasteiger partial charge in [-0.3, -0.25) is 0 Å². The Morgan fingerprint density at radius 3 is 3.23 bits per heavy atom. The molecular formula is C11H11NO. The molecule has 0 radical (unpaired) electrons. The number of hydrogen-bond donors (Lipinski definition) is 1. The maximum atomic E-state index is 5.76. The van der Waals surface area contributed by atoms with E-state index in [-0.39, 0.29) is 0 Å². The van der Waals surface area contributed by atoms with Gasteiger partial charge in [-0.2, -0.15) is 0 Å². The lowest BCUT2D eigenvalue weighted by molar-refractivity contribution is 0.257. The molecule has 1 aliphatic rings. The number of benzene rings is 1. The molecule has 2 heterocycles. The Labute approximate surface area is 76.5 Å². The summed E-state index contributed by atoms with van der Waals surface area (Å²) in [6.45, 7) is 2.11. The van der Waals surface area contributed by atoms with Crippen molar-refractivity contribution in [1.82, 2.24) is 4.98 Å². The molecule has 1 atom stereocenters. The van der Waals surface area contributed by atoms with Crippen molar-refractivity contribution in [3.63, 3.8) is 0 Å². The number of aromatic nitrogens is 1. The van der Waals surface area contributed by atoms with Crippen LogP contribution in [0.15, 0.2) is 24.4 Å². The highest BCUT2D eigenvalue weighted by Crippen LogP contribution is 2.35. The van der Waals surface area contributed by atoms with Gasteiger partial charge in [0.2, 0.25) is 0 Å². The minimum Gasteiger partial charge on any atom is -0.489 e. The number of nitrogens with one attached hydrogen (secondary N) is 1. The van der Waals surface area contributed by atoms with Crippen molar-refractivity contribution in [3.8, 4) is 5.75 Å². The van der Waals surface area contributed by atoms with Crippen LogP contribution in [-0.4, -0.2) is 11.1 Å². The molecule has 0 bridgehead atoms. The molecule has 0 saturated carbocycles. The summed E-state index contributed by atoms with van der Waals surface area (Å²) in [5.41, 5.74) is 2.49. The van der Waals surface area contributed by atoms with Crippen LogP contribution in [0.1, 0.15) is 12.5 Å². The third-order valence-electron chi connectivity index (χ3n) is 2.59. The Balaban J connectivity index is 2.34. The first kappa shape index (κ1) is 7.01. The van der Waals surface area contributed by atoms with Gasteiger partial charge in [0, 0.05) is 23.5 Å². The first-order valence-corrected chi connectivity index (χ1v) is 4.60. The molecule has 0 fully saturated rings. The van der Waals surface area contributed by atoms with Gasteiger partial charge in [-0.15, -0.1) is 0 Å². The van der Waals surface area contributed by atoms with Crippen LogP contribution >= 0.6 is 0 Å². The van der Waals surface area contributed by atoms with Crippen molar-refractivity contribution in [2.75, 3.05) is 0 Å². The highest BCUT2D eigenvalue weighted by molar-refractivity contribution is 5.87. The molecule has 0 saturated heterocycles. The summed E-state index contributed by atoms with van der Waals surface area (Å²) >= 11 is 0. The lowest BCUT2D eigenvalue weighted by Crippen LogP contribution is -2.05. The van der Waals surface area contributed by atoms with Crippen LogP contribution in [0.3, 0.4) is 0 Å². The molecule has 1 unspecified atom stereocenters. The Hall–Kier alpha value is -1.44. The molecule has 1 N–H and O–H groups in total. The van der Waals surface area contributed by atoms with Crippen LogP contribution in [-0.2, 0) is 6.42 Å². The largest absolute Gasteiger partial charge is 0.489 e. The number of fused-ring (bicyclic) bond motifs is 3. The fourth-order valence-corrected chi connectivity index (χ4v) is 2.00. The van der Waals surface area contributed by atoms with Crippen LogP contribution in [0.25, 0.3) is 10.9 Å². The van der Waals surface area contributed by atoms with E-state index < -0.39 is 0 Å². The number of aromatic amines is 1. The highest BCUT2D eigenvalue weighted by atomic mass is 16.5. The van der Waals surface area contributed by atoms with Crippen molar-refractivity contribution >= 4 is 10.9 Å². The van der Waals surface area contributed by atoms with Gasteiger partial charge in [-0.1, -0.05) is 6.07 Å². The molecular weight excluding hydrogens is 162 g/mol. The normalized spacial score (nSPS) is 20.2. The summed E-state index contributed by atoms with van der Waals surface area (Å²) < 4.78 is 5.76. The fraction of sp³-hybridized carbons (Fsp3) is 0.273. The molecule has 66 valence electrons. The minimum absolute atomic E-state index is 0.329. The minimum atomic E-state index is 0.329. The Bertz CT molecular complexity index is 458.